The number of aromatic nitrogens is 1. The minimum atomic E-state index is -3.34. The minimum absolute atomic E-state index is 0.0714. The molecule has 0 amide bonds. The number of carboxylic acids is 1. The maximum absolute atomic E-state index is 12.2. The number of terminal acetylenes is 1. The number of aliphatic carboxylic acids is 1. The van der Waals surface area contributed by atoms with Crippen molar-refractivity contribution in [2.24, 2.45) is 0 Å². The highest BCUT2D eigenvalue weighted by atomic mass is 35.5. The van der Waals surface area contributed by atoms with E-state index >= 15 is 0 Å². The minimum Gasteiger partial charge on any atom is -0.481 e. The summed E-state index contributed by atoms with van der Waals surface area (Å²) in [6.45, 7) is 2.49. The molecule has 0 saturated heterocycles. The van der Waals surface area contributed by atoms with Crippen molar-refractivity contribution in [2.45, 2.75) is 43.5 Å². The van der Waals surface area contributed by atoms with Crippen molar-refractivity contribution in [3.8, 4) is 12.8 Å². The predicted octanol–water partition coefficient (Wildman–Crippen LogP) is 4.81. The van der Waals surface area contributed by atoms with Gasteiger partial charge in [-0.25, -0.2) is 8.42 Å². The van der Waals surface area contributed by atoms with Crippen LogP contribution in [-0.2, 0) is 27.6 Å². The first-order chi connectivity index (χ1) is 14.6. The van der Waals surface area contributed by atoms with E-state index in [-0.39, 0.29) is 12.3 Å². The summed E-state index contributed by atoms with van der Waals surface area (Å²) in [4.78, 5) is 11.7. The molecule has 1 unspecified atom stereocenters. The molecule has 7 heteroatoms. The number of sulfone groups is 1. The average Bonchev–Trinajstić information content (AvgIpc) is 3.24. The lowest BCUT2D eigenvalue weighted by molar-refractivity contribution is -0.137. The molecule has 0 saturated carbocycles. The van der Waals surface area contributed by atoms with Gasteiger partial charge in [-0.15, -0.1) is 12.8 Å². The third-order valence-electron chi connectivity index (χ3n) is 5.70. The molecule has 0 fully saturated rings. The fourth-order valence-corrected chi connectivity index (χ4v) is 5.35. The van der Waals surface area contributed by atoms with Crippen LogP contribution in [-0.4, -0.2) is 30.3 Å². The second-order valence-corrected chi connectivity index (χ2v) is 10.3. The molecule has 0 bridgehead atoms. The molecule has 1 aliphatic rings. The molecule has 1 aromatic heterocycles. The quantitative estimate of drug-likeness (QED) is 0.558. The van der Waals surface area contributed by atoms with Gasteiger partial charge in [0.1, 0.15) is 0 Å². The van der Waals surface area contributed by atoms with E-state index in [0.29, 0.717) is 16.5 Å². The van der Waals surface area contributed by atoms with Gasteiger partial charge >= 0.3 is 5.97 Å². The second-order valence-electron chi connectivity index (χ2n) is 7.82. The van der Waals surface area contributed by atoms with Crippen molar-refractivity contribution in [3.63, 3.8) is 0 Å². The van der Waals surface area contributed by atoms with Gasteiger partial charge in [0, 0.05) is 34.8 Å². The highest BCUT2D eigenvalue weighted by molar-refractivity contribution is 7.90. The Hall–Kier alpha value is -2.75. The molecule has 1 aliphatic carbocycles. The van der Waals surface area contributed by atoms with Crippen LogP contribution in [0, 0.1) is 19.8 Å². The molecule has 4 rings (SSSR count). The first-order valence-corrected chi connectivity index (χ1v) is 12.1. The smallest absolute Gasteiger partial charge is 0.304 e. The van der Waals surface area contributed by atoms with E-state index in [1.807, 2.05) is 31.2 Å². The second kappa shape index (κ2) is 8.78. The first kappa shape index (κ1) is 22.9. The molecule has 2 aromatic carbocycles. The van der Waals surface area contributed by atoms with Gasteiger partial charge in [-0.3, -0.25) is 4.79 Å². The van der Waals surface area contributed by atoms with Crippen LogP contribution < -0.4 is 0 Å². The number of benzene rings is 2. The number of halogens is 1. The Morgan fingerprint density at radius 1 is 1.23 bits per heavy atom. The van der Waals surface area contributed by atoms with Crippen LogP contribution in [0.15, 0.2) is 41.3 Å². The van der Waals surface area contributed by atoms with Gasteiger partial charge in [-0.05, 0) is 60.7 Å². The molecule has 1 N–H and O–H groups in total. The molecule has 0 spiro atoms. The average molecular weight is 458 g/mol. The molecule has 162 valence electrons. The molecule has 1 heterocycles. The number of fused-ring (bicyclic) bond motifs is 3. The van der Waals surface area contributed by atoms with Crippen LogP contribution in [0.4, 0.5) is 0 Å². The maximum atomic E-state index is 12.2. The zero-order valence-corrected chi connectivity index (χ0v) is 19.0. The van der Waals surface area contributed by atoms with Gasteiger partial charge in [0.2, 0.25) is 0 Å². The van der Waals surface area contributed by atoms with Crippen LogP contribution in [0.25, 0.3) is 10.9 Å². The van der Waals surface area contributed by atoms with Gasteiger partial charge in [-0.2, -0.15) is 0 Å². The van der Waals surface area contributed by atoms with E-state index in [1.54, 1.807) is 12.1 Å². The summed E-state index contributed by atoms with van der Waals surface area (Å²) >= 11 is 6.02. The highest BCUT2D eigenvalue weighted by Gasteiger charge is 2.32. The number of rotatable bonds is 5. The number of carboxylic acid groups (broad SMARTS) is 1. The molecule has 0 radical (unpaired) electrons. The Labute approximate surface area is 187 Å². The van der Waals surface area contributed by atoms with Gasteiger partial charge in [0.15, 0.2) is 9.84 Å². The number of aryl methyl sites for hydroxylation is 2. The molecular weight excluding hydrogens is 434 g/mol. The van der Waals surface area contributed by atoms with Crippen LogP contribution in [0.2, 0.25) is 5.02 Å². The number of nitrogens with zero attached hydrogens (tertiary/aromatic N) is 1. The first-order valence-electron chi connectivity index (χ1n) is 9.80. The van der Waals surface area contributed by atoms with E-state index in [0.717, 1.165) is 46.1 Å². The van der Waals surface area contributed by atoms with E-state index in [9.17, 15) is 18.3 Å². The van der Waals surface area contributed by atoms with E-state index < -0.39 is 15.8 Å². The third-order valence-corrected chi connectivity index (χ3v) is 7.05. The van der Waals surface area contributed by atoms with Crippen LogP contribution in [0.3, 0.4) is 0 Å². The Kier molecular flexibility index (Phi) is 6.49. The van der Waals surface area contributed by atoms with Crippen molar-refractivity contribution in [2.75, 3.05) is 6.26 Å². The summed E-state index contributed by atoms with van der Waals surface area (Å²) in [6.07, 6.45) is 10.8. The van der Waals surface area contributed by atoms with Crippen molar-refractivity contribution in [3.05, 3.63) is 63.8 Å². The Bertz CT molecular complexity index is 1270. The fraction of sp³-hybridized carbons (Fsp3) is 0.292. The predicted molar refractivity (Wildman–Crippen MR) is 124 cm³/mol. The van der Waals surface area contributed by atoms with Crippen molar-refractivity contribution >= 4 is 38.3 Å². The molecule has 5 nitrogen and oxygen atoms in total. The molecule has 1 atom stereocenters. The summed E-state index contributed by atoms with van der Waals surface area (Å²) in [5, 5.41) is 11.0. The van der Waals surface area contributed by atoms with Crippen molar-refractivity contribution in [1.29, 1.82) is 0 Å². The van der Waals surface area contributed by atoms with Crippen molar-refractivity contribution in [1.82, 2.24) is 4.57 Å². The largest absolute Gasteiger partial charge is 0.481 e. The zero-order chi connectivity index (χ0) is 22.9. The molecular formula is C24H24ClNO4S. The third kappa shape index (κ3) is 4.48. The maximum Gasteiger partial charge on any atom is 0.304 e. The monoisotopic (exact) mass is 457 g/mol. The Balaban J connectivity index is 0.00000132. The topological polar surface area (TPSA) is 76.4 Å². The SMILES string of the molecule is C#C.Cc1cc(S(C)(=O)=O)cc2c3c(n(Cc4ccc(Cl)cc4)c12)C(CC(=O)O)CC3. The Morgan fingerprint density at radius 2 is 1.87 bits per heavy atom. The highest BCUT2D eigenvalue weighted by Crippen LogP contribution is 2.43. The standard InChI is InChI=1S/C22H22ClNO4S.C2H2/c1-13-9-17(29(2,27)28)11-19-18-8-5-15(10-20(25)26)22(18)24(21(13)19)12-14-3-6-16(23)7-4-14;1-2/h3-4,6-7,9,11,15H,5,8,10,12H2,1-2H3,(H,25,26);1-2H. The lowest BCUT2D eigenvalue weighted by Crippen LogP contribution is -2.11. The lowest BCUT2D eigenvalue weighted by Gasteiger charge is -2.17. The summed E-state index contributed by atoms with van der Waals surface area (Å²) in [7, 11) is -3.34. The van der Waals surface area contributed by atoms with Crippen LogP contribution in [0.5, 0.6) is 0 Å². The number of hydrogen-bond acceptors (Lipinski definition) is 3. The number of carbonyl (C=O) groups is 1. The molecule has 0 aliphatic heterocycles. The summed E-state index contributed by atoms with van der Waals surface area (Å²) in [5.41, 5.74) is 5.01. The van der Waals surface area contributed by atoms with E-state index in [4.69, 9.17) is 11.6 Å². The normalized spacial score (nSPS) is 15.3. The van der Waals surface area contributed by atoms with E-state index in [2.05, 4.69) is 17.4 Å². The van der Waals surface area contributed by atoms with Gasteiger partial charge < -0.3 is 9.67 Å². The summed E-state index contributed by atoms with van der Waals surface area (Å²) < 4.78 is 26.5. The van der Waals surface area contributed by atoms with Gasteiger partial charge in [-0.1, -0.05) is 23.7 Å². The van der Waals surface area contributed by atoms with Crippen LogP contribution in [0.1, 0.15) is 41.1 Å². The lowest BCUT2D eigenvalue weighted by atomic mass is 10.0. The number of hydrogen-bond donors (Lipinski definition) is 1. The molecule has 3 aromatic rings. The van der Waals surface area contributed by atoms with Crippen LogP contribution >= 0.6 is 11.6 Å². The Morgan fingerprint density at radius 3 is 2.45 bits per heavy atom. The van der Waals surface area contributed by atoms with Gasteiger partial charge in [0.05, 0.1) is 16.8 Å². The fourth-order valence-electron chi connectivity index (χ4n) is 4.50. The van der Waals surface area contributed by atoms with E-state index in [1.165, 1.54) is 6.26 Å². The van der Waals surface area contributed by atoms with Gasteiger partial charge in [0.25, 0.3) is 0 Å². The summed E-state index contributed by atoms with van der Waals surface area (Å²) in [5.74, 6) is -0.900. The zero-order valence-electron chi connectivity index (χ0n) is 17.4. The van der Waals surface area contributed by atoms with Crippen molar-refractivity contribution < 1.29 is 18.3 Å². The summed E-state index contributed by atoms with van der Waals surface area (Å²) in [6, 6.07) is 11.1. The molecule has 31 heavy (non-hydrogen) atoms.